The number of halogens is 1. The average molecular weight is 340 g/mol. The molecular formula is C14H13FN2O5S. The largest absolute Gasteiger partial charge is 0.489 e. The topological polar surface area (TPSA) is 90.7 Å². The van der Waals surface area contributed by atoms with Crippen molar-refractivity contribution in [2.24, 2.45) is 0 Å². The van der Waals surface area contributed by atoms with Gasteiger partial charge < -0.3 is 14.8 Å². The molecule has 0 aliphatic rings. The number of nitrogens with one attached hydrogen (secondary N) is 1. The predicted molar refractivity (Wildman–Crippen MR) is 82.7 cm³/mol. The molecule has 0 fully saturated rings. The number of anilines is 1. The summed E-state index contributed by atoms with van der Waals surface area (Å²) in [5.74, 6) is -0.843. The van der Waals surface area contributed by atoms with E-state index in [1.165, 1.54) is 31.4 Å². The van der Waals surface area contributed by atoms with Gasteiger partial charge in [0.1, 0.15) is 18.2 Å². The molecule has 0 bridgehead atoms. The summed E-state index contributed by atoms with van der Waals surface area (Å²) in [7, 11) is 1.51. The summed E-state index contributed by atoms with van der Waals surface area (Å²) in [5, 5.41) is 13.0. The first kappa shape index (κ1) is 16.8. The van der Waals surface area contributed by atoms with Crippen LogP contribution in [0.15, 0.2) is 30.3 Å². The number of carbonyl (C=O) groups is 1. The molecule has 0 aliphatic carbocycles. The number of hydrogen-bond donors (Lipinski definition) is 1. The Hall–Kier alpha value is -2.52. The molecular weight excluding hydrogens is 327 g/mol. The van der Waals surface area contributed by atoms with Crippen molar-refractivity contribution >= 4 is 27.9 Å². The highest BCUT2D eigenvalue weighted by Gasteiger charge is 2.17. The minimum atomic E-state index is -0.580. The highest BCUT2D eigenvalue weighted by molar-refractivity contribution is 7.17. The Labute approximate surface area is 134 Å². The van der Waals surface area contributed by atoms with Gasteiger partial charge in [-0.1, -0.05) is 11.3 Å². The van der Waals surface area contributed by atoms with Crippen LogP contribution in [0.2, 0.25) is 0 Å². The van der Waals surface area contributed by atoms with Crippen LogP contribution in [0.25, 0.3) is 0 Å². The highest BCUT2D eigenvalue weighted by atomic mass is 32.1. The van der Waals surface area contributed by atoms with Crippen molar-refractivity contribution in [2.75, 3.05) is 25.6 Å². The Balaban J connectivity index is 2.15. The fourth-order valence-electron chi connectivity index (χ4n) is 1.69. The van der Waals surface area contributed by atoms with Gasteiger partial charge in [0.15, 0.2) is 0 Å². The molecule has 1 amide bonds. The number of amides is 1. The van der Waals surface area contributed by atoms with Gasteiger partial charge in [0.25, 0.3) is 5.91 Å². The number of methoxy groups -OCH3 is 1. The minimum absolute atomic E-state index is 0.141. The number of thiophene rings is 1. The van der Waals surface area contributed by atoms with E-state index in [-0.39, 0.29) is 27.9 Å². The van der Waals surface area contributed by atoms with Crippen LogP contribution in [0.4, 0.5) is 15.1 Å². The second kappa shape index (κ2) is 7.65. The Kier molecular flexibility index (Phi) is 5.61. The molecule has 0 atom stereocenters. The van der Waals surface area contributed by atoms with Gasteiger partial charge in [-0.2, -0.15) is 0 Å². The number of benzene rings is 1. The lowest BCUT2D eigenvalue weighted by Crippen LogP contribution is -2.13. The summed E-state index contributed by atoms with van der Waals surface area (Å²) < 4.78 is 23.6. The number of ether oxygens (including phenoxy) is 2. The first-order valence-corrected chi connectivity index (χ1v) is 7.30. The zero-order valence-electron chi connectivity index (χ0n) is 12.1. The smallest absolute Gasteiger partial charge is 0.324 e. The van der Waals surface area contributed by atoms with E-state index in [4.69, 9.17) is 9.47 Å². The van der Waals surface area contributed by atoms with Crippen LogP contribution in [0.5, 0.6) is 5.75 Å². The van der Waals surface area contributed by atoms with Crippen molar-refractivity contribution < 1.29 is 23.6 Å². The molecule has 1 heterocycles. The molecule has 0 saturated heterocycles. The van der Waals surface area contributed by atoms with Gasteiger partial charge in [-0.05, 0) is 18.2 Å². The van der Waals surface area contributed by atoms with Crippen molar-refractivity contribution in [2.45, 2.75) is 0 Å². The van der Waals surface area contributed by atoms with Crippen LogP contribution in [0.1, 0.15) is 9.67 Å². The van der Waals surface area contributed by atoms with E-state index >= 15 is 0 Å². The molecule has 0 saturated carbocycles. The lowest BCUT2D eigenvalue weighted by atomic mass is 10.2. The van der Waals surface area contributed by atoms with Gasteiger partial charge in [-0.25, -0.2) is 4.39 Å². The van der Waals surface area contributed by atoms with Gasteiger partial charge in [0.2, 0.25) is 0 Å². The van der Waals surface area contributed by atoms with Crippen molar-refractivity contribution in [3.8, 4) is 5.75 Å². The van der Waals surface area contributed by atoms with E-state index in [0.717, 1.165) is 17.4 Å². The van der Waals surface area contributed by atoms with Crippen LogP contribution in [0.3, 0.4) is 0 Å². The third-order valence-electron chi connectivity index (χ3n) is 2.73. The molecule has 0 aliphatic heterocycles. The number of carbonyl (C=O) groups excluding carboxylic acids is 1. The summed E-state index contributed by atoms with van der Waals surface area (Å²) in [4.78, 5) is 22.3. The van der Waals surface area contributed by atoms with Crippen LogP contribution in [-0.2, 0) is 4.74 Å². The van der Waals surface area contributed by atoms with Crippen molar-refractivity contribution in [3.05, 3.63) is 51.1 Å². The number of nitrogens with zero attached hydrogens (tertiary/aromatic N) is 1. The Morgan fingerprint density at radius 1 is 1.35 bits per heavy atom. The second-order valence-corrected chi connectivity index (χ2v) is 5.39. The summed E-state index contributed by atoms with van der Waals surface area (Å²) in [6, 6.07) is 6.28. The van der Waals surface area contributed by atoms with E-state index in [2.05, 4.69) is 5.32 Å². The quantitative estimate of drug-likeness (QED) is 0.475. The van der Waals surface area contributed by atoms with Crippen molar-refractivity contribution in [3.63, 3.8) is 0 Å². The SMILES string of the molecule is COCCOc1ccc(F)cc1NC(=O)c1ccc([N+](=O)[O-])s1. The lowest BCUT2D eigenvalue weighted by Gasteiger charge is -2.12. The molecule has 0 spiro atoms. The van der Waals surface area contributed by atoms with Crippen LogP contribution >= 0.6 is 11.3 Å². The second-order valence-electron chi connectivity index (χ2n) is 4.33. The maximum atomic E-state index is 13.4. The Morgan fingerprint density at radius 2 is 2.13 bits per heavy atom. The fraction of sp³-hybridized carbons (Fsp3) is 0.214. The van der Waals surface area contributed by atoms with Gasteiger partial charge in [0, 0.05) is 19.2 Å². The zero-order valence-corrected chi connectivity index (χ0v) is 12.9. The summed E-state index contributed by atoms with van der Waals surface area (Å²) in [6.07, 6.45) is 0. The van der Waals surface area contributed by atoms with E-state index in [1.54, 1.807) is 0 Å². The molecule has 7 nitrogen and oxygen atoms in total. The first-order chi connectivity index (χ1) is 11.0. The average Bonchev–Trinajstić information content (AvgIpc) is 3.00. The van der Waals surface area contributed by atoms with E-state index in [9.17, 15) is 19.3 Å². The third-order valence-corrected chi connectivity index (χ3v) is 3.77. The van der Waals surface area contributed by atoms with Gasteiger partial charge in [-0.15, -0.1) is 0 Å². The Bertz CT molecular complexity index is 719. The molecule has 23 heavy (non-hydrogen) atoms. The third kappa shape index (κ3) is 4.47. The molecule has 9 heteroatoms. The normalized spacial score (nSPS) is 10.3. The molecule has 1 aromatic heterocycles. The number of rotatable bonds is 7. The monoisotopic (exact) mass is 340 g/mol. The predicted octanol–water partition coefficient (Wildman–Crippen LogP) is 3.07. The summed E-state index contributed by atoms with van der Waals surface area (Å²) in [5.41, 5.74) is 0.141. The van der Waals surface area contributed by atoms with Gasteiger partial charge >= 0.3 is 5.00 Å². The minimum Gasteiger partial charge on any atom is -0.489 e. The molecule has 2 aromatic rings. The lowest BCUT2D eigenvalue weighted by molar-refractivity contribution is -0.380. The van der Waals surface area contributed by atoms with Crippen molar-refractivity contribution in [1.29, 1.82) is 0 Å². The number of nitro groups is 1. The first-order valence-electron chi connectivity index (χ1n) is 6.48. The molecule has 1 N–H and O–H groups in total. The molecule has 1 aromatic carbocycles. The van der Waals surface area contributed by atoms with Crippen LogP contribution in [0, 0.1) is 15.9 Å². The molecule has 122 valence electrons. The standard InChI is InChI=1S/C14H13FN2O5S/c1-21-6-7-22-11-3-2-9(15)8-10(11)16-14(18)12-4-5-13(23-12)17(19)20/h2-5,8H,6-7H2,1H3,(H,16,18). The molecule has 0 radical (unpaired) electrons. The fourth-order valence-corrected chi connectivity index (χ4v) is 2.41. The Morgan fingerprint density at radius 3 is 2.78 bits per heavy atom. The maximum Gasteiger partial charge on any atom is 0.324 e. The van der Waals surface area contributed by atoms with E-state index in [1.807, 2.05) is 0 Å². The summed E-state index contributed by atoms with van der Waals surface area (Å²) >= 11 is 0.734. The highest BCUT2D eigenvalue weighted by Crippen LogP contribution is 2.28. The van der Waals surface area contributed by atoms with Gasteiger partial charge in [0.05, 0.1) is 22.1 Å². The van der Waals surface area contributed by atoms with E-state index < -0.39 is 16.6 Å². The van der Waals surface area contributed by atoms with Crippen LogP contribution < -0.4 is 10.1 Å². The van der Waals surface area contributed by atoms with E-state index in [0.29, 0.717) is 6.61 Å². The number of hydrogen-bond acceptors (Lipinski definition) is 6. The summed E-state index contributed by atoms with van der Waals surface area (Å²) in [6.45, 7) is 0.567. The zero-order chi connectivity index (χ0) is 16.8. The molecule has 2 rings (SSSR count). The maximum absolute atomic E-state index is 13.4. The molecule has 0 unspecified atom stereocenters. The van der Waals surface area contributed by atoms with Crippen LogP contribution in [-0.4, -0.2) is 31.2 Å². The van der Waals surface area contributed by atoms with Crippen molar-refractivity contribution in [1.82, 2.24) is 0 Å². The van der Waals surface area contributed by atoms with Gasteiger partial charge in [-0.3, -0.25) is 14.9 Å².